The standard InChI is InChI=1S/C16H15ClN2O3/c1-18-9-11(2-5-15(18)20)16(21)19-6-7-22-14-4-3-13(17)8-12(14)10-19/h2-5,8-9H,6-7,10H2,1H3. The average molecular weight is 319 g/mol. The van der Waals surface area contributed by atoms with Crippen LogP contribution in [0.4, 0.5) is 0 Å². The normalized spacial score (nSPS) is 14.0. The van der Waals surface area contributed by atoms with Crippen LogP contribution < -0.4 is 10.3 Å². The van der Waals surface area contributed by atoms with E-state index in [0.29, 0.717) is 30.3 Å². The van der Waals surface area contributed by atoms with Gasteiger partial charge in [-0.05, 0) is 24.3 Å². The number of fused-ring (bicyclic) bond motifs is 1. The predicted octanol–water partition coefficient (Wildman–Crippen LogP) is 2.07. The number of aryl methyl sites for hydroxylation is 1. The first-order chi connectivity index (χ1) is 10.5. The summed E-state index contributed by atoms with van der Waals surface area (Å²) in [5.41, 5.74) is 1.21. The molecule has 0 aliphatic carbocycles. The highest BCUT2D eigenvalue weighted by Crippen LogP contribution is 2.26. The van der Waals surface area contributed by atoms with Crippen LogP contribution in [-0.2, 0) is 13.6 Å². The van der Waals surface area contributed by atoms with Crippen LogP contribution in [0, 0.1) is 0 Å². The zero-order chi connectivity index (χ0) is 15.7. The third-order valence-corrected chi connectivity index (χ3v) is 3.86. The Kier molecular flexibility index (Phi) is 3.90. The van der Waals surface area contributed by atoms with Gasteiger partial charge in [-0.1, -0.05) is 11.6 Å². The molecule has 0 fully saturated rings. The summed E-state index contributed by atoms with van der Waals surface area (Å²) in [6, 6.07) is 8.34. The SMILES string of the molecule is Cn1cc(C(=O)N2CCOc3ccc(Cl)cc3C2)ccc1=O. The lowest BCUT2D eigenvalue weighted by molar-refractivity contribution is 0.0732. The number of hydrogen-bond donors (Lipinski definition) is 0. The third-order valence-electron chi connectivity index (χ3n) is 3.62. The van der Waals surface area contributed by atoms with Gasteiger partial charge in [-0.25, -0.2) is 0 Å². The van der Waals surface area contributed by atoms with Crippen molar-refractivity contribution in [3.8, 4) is 5.75 Å². The van der Waals surface area contributed by atoms with Gasteiger partial charge in [-0.15, -0.1) is 0 Å². The fraction of sp³-hybridized carbons (Fsp3) is 0.250. The van der Waals surface area contributed by atoms with Crippen molar-refractivity contribution in [3.05, 3.63) is 63.0 Å². The van der Waals surface area contributed by atoms with Crippen LogP contribution in [0.15, 0.2) is 41.3 Å². The number of ether oxygens (including phenoxy) is 1. The Morgan fingerprint density at radius 2 is 2.09 bits per heavy atom. The smallest absolute Gasteiger partial charge is 0.255 e. The van der Waals surface area contributed by atoms with E-state index in [1.54, 1.807) is 30.3 Å². The van der Waals surface area contributed by atoms with Gasteiger partial charge in [0.1, 0.15) is 12.4 Å². The highest BCUT2D eigenvalue weighted by atomic mass is 35.5. The Hall–Kier alpha value is -2.27. The van der Waals surface area contributed by atoms with Crippen molar-refractivity contribution in [1.29, 1.82) is 0 Å². The lowest BCUT2D eigenvalue weighted by Gasteiger charge is -2.20. The molecule has 1 amide bonds. The minimum Gasteiger partial charge on any atom is -0.491 e. The second kappa shape index (κ2) is 5.85. The van der Waals surface area contributed by atoms with Crippen LogP contribution in [0.2, 0.25) is 5.02 Å². The molecular formula is C16H15ClN2O3. The van der Waals surface area contributed by atoms with Gasteiger partial charge in [-0.3, -0.25) is 9.59 Å². The van der Waals surface area contributed by atoms with Crippen LogP contribution in [0.3, 0.4) is 0 Å². The Morgan fingerprint density at radius 1 is 1.27 bits per heavy atom. The number of hydrogen-bond acceptors (Lipinski definition) is 3. The third kappa shape index (κ3) is 2.85. The molecule has 0 radical (unpaired) electrons. The molecule has 0 spiro atoms. The number of aromatic nitrogens is 1. The maximum Gasteiger partial charge on any atom is 0.255 e. The molecule has 0 saturated carbocycles. The first kappa shape index (κ1) is 14.7. The molecule has 1 aromatic carbocycles. The predicted molar refractivity (Wildman–Crippen MR) is 83.4 cm³/mol. The van der Waals surface area contributed by atoms with E-state index in [0.717, 1.165) is 11.3 Å². The van der Waals surface area contributed by atoms with Crippen LogP contribution in [0.5, 0.6) is 5.75 Å². The fourth-order valence-corrected chi connectivity index (χ4v) is 2.63. The number of carbonyl (C=O) groups is 1. The van der Waals surface area contributed by atoms with Gasteiger partial charge < -0.3 is 14.2 Å². The number of rotatable bonds is 1. The number of carbonyl (C=O) groups excluding carboxylic acids is 1. The minimum atomic E-state index is -0.145. The van der Waals surface area contributed by atoms with E-state index < -0.39 is 0 Å². The minimum absolute atomic E-state index is 0.132. The van der Waals surface area contributed by atoms with Crippen LogP contribution >= 0.6 is 11.6 Å². The highest BCUT2D eigenvalue weighted by molar-refractivity contribution is 6.30. The molecule has 5 nitrogen and oxygen atoms in total. The van der Waals surface area contributed by atoms with E-state index >= 15 is 0 Å². The molecular weight excluding hydrogens is 304 g/mol. The summed E-state index contributed by atoms with van der Waals surface area (Å²) in [5, 5.41) is 0.610. The van der Waals surface area contributed by atoms with Crippen molar-refractivity contribution in [1.82, 2.24) is 9.47 Å². The quantitative estimate of drug-likeness (QED) is 0.809. The number of pyridine rings is 1. The van der Waals surface area contributed by atoms with Gasteiger partial charge in [0.05, 0.1) is 12.1 Å². The zero-order valence-corrected chi connectivity index (χ0v) is 12.8. The van der Waals surface area contributed by atoms with Gasteiger partial charge in [0.25, 0.3) is 5.91 Å². The van der Waals surface area contributed by atoms with E-state index in [2.05, 4.69) is 0 Å². The van der Waals surface area contributed by atoms with Crippen molar-refractivity contribution in [3.63, 3.8) is 0 Å². The molecule has 22 heavy (non-hydrogen) atoms. The van der Waals surface area contributed by atoms with Crippen LogP contribution in [-0.4, -0.2) is 28.5 Å². The Labute approximate surface area is 132 Å². The summed E-state index contributed by atoms with van der Waals surface area (Å²) < 4.78 is 7.05. The summed E-state index contributed by atoms with van der Waals surface area (Å²) in [4.78, 5) is 25.8. The average Bonchev–Trinajstić information content (AvgIpc) is 2.71. The summed E-state index contributed by atoms with van der Waals surface area (Å²) in [7, 11) is 1.62. The summed E-state index contributed by atoms with van der Waals surface area (Å²) in [5.74, 6) is 0.618. The molecule has 114 valence electrons. The molecule has 0 atom stereocenters. The largest absolute Gasteiger partial charge is 0.491 e. The van der Waals surface area contributed by atoms with Crippen molar-refractivity contribution in [2.24, 2.45) is 7.05 Å². The van der Waals surface area contributed by atoms with E-state index in [1.165, 1.54) is 10.6 Å². The zero-order valence-electron chi connectivity index (χ0n) is 12.1. The number of nitrogens with zero attached hydrogens (tertiary/aromatic N) is 2. The highest BCUT2D eigenvalue weighted by Gasteiger charge is 2.21. The monoisotopic (exact) mass is 318 g/mol. The summed E-state index contributed by atoms with van der Waals surface area (Å²) in [6.07, 6.45) is 1.55. The maximum atomic E-state index is 12.6. The molecule has 1 aliphatic heterocycles. The number of halogens is 1. The van der Waals surface area contributed by atoms with Gasteiger partial charge >= 0.3 is 0 Å². The molecule has 1 aromatic heterocycles. The maximum absolute atomic E-state index is 12.6. The summed E-state index contributed by atoms with van der Waals surface area (Å²) >= 11 is 6.02. The Bertz CT molecular complexity index is 785. The molecule has 0 N–H and O–H groups in total. The fourth-order valence-electron chi connectivity index (χ4n) is 2.44. The second-order valence-electron chi connectivity index (χ2n) is 5.19. The van der Waals surface area contributed by atoms with E-state index in [9.17, 15) is 9.59 Å². The van der Waals surface area contributed by atoms with Gasteiger partial charge in [0, 0.05) is 36.4 Å². The molecule has 2 heterocycles. The molecule has 0 bridgehead atoms. The number of amides is 1. The molecule has 1 aliphatic rings. The molecule has 0 saturated heterocycles. The van der Waals surface area contributed by atoms with E-state index in [-0.39, 0.29) is 11.5 Å². The van der Waals surface area contributed by atoms with Crippen molar-refractivity contribution in [2.45, 2.75) is 6.54 Å². The lowest BCUT2D eigenvalue weighted by atomic mass is 10.1. The molecule has 0 unspecified atom stereocenters. The first-order valence-electron chi connectivity index (χ1n) is 6.92. The van der Waals surface area contributed by atoms with Crippen molar-refractivity contribution >= 4 is 17.5 Å². The topological polar surface area (TPSA) is 51.5 Å². The van der Waals surface area contributed by atoms with Crippen LogP contribution in [0.1, 0.15) is 15.9 Å². The van der Waals surface area contributed by atoms with Gasteiger partial charge in [0.15, 0.2) is 0 Å². The molecule has 3 rings (SSSR count). The Morgan fingerprint density at radius 3 is 2.86 bits per heavy atom. The van der Waals surface area contributed by atoms with E-state index in [4.69, 9.17) is 16.3 Å². The van der Waals surface area contributed by atoms with Crippen molar-refractivity contribution in [2.75, 3.05) is 13.2 Å². The Balaban J connectivity index is 1.89. The van der Waals surface area contributed by atoms with Crippen LogP contribution in [0.25, 0.3) is 0 Å². The second-order valence-corrected chi connectivity index (χ2v) is 5.63. The molecule has 6 heteroatoms. The number of benzene rings is 1. The summed E-state index contributed by atoms with van der Waals surface area (Å²) in [6.45, 7) is 1.33. The van der Waals surface area contributed by atoms with E-state index in [1.807, 2.05) is 12.1 Å². The molecule has 2 aromatic rings. The lowest BCUT2D eigenvalue weighted by Crippen LogP contribution is -2.33. The van der Waals surface area contributed by atoms with Crippen molar-refractivity contribution < 1.29 is 9.53 Å². The van der Waals surface area contributed by atoms with Gasteiger partial charge in [0.2, 0.25) is 5.56 Å². The first-order valence-corrected chi connectivity index (χ1v) is 7.29. The van der Waals surface area contributed by atoms with Gasteiger partial charge in [-0.2, -0.15) is 0 Å².